The number of pyridine rings is 2. The van der Waals surface area contributed by atoms with Crippen LogP contribution in [0.5, 0.6) is 23.3 Å². The van der Waals surface area contributed by atoms with Gasteiger partial charge in [-0.2, -0.15) is 5.10 Å². The molecule has 10 nitrogen and oxygen atoms in total. The lowest BCUT2D eigenvalue weighted by molar-refractivity contribution is 0.0692. The SMILES string of the molecule is CCn1nccc1NC(=O)c1cc(F)cnc1Oc1cccc(SC)c1.CSc1cccc(Oc2ncc(F)cc2C(=O)O)c1. The first-order valence-corrected chi connectivity index (χ1v) is 15.7. The van der Waals surface area contributed by atoms with E-state index in [0.717, 1.165) is 34.3 Å². The highest BCUT2D eigenvalue weighted by Gasteiger charge is 2.18. The topological polar surface area (TPSA) is 128 Å². The molecule has 0 aliphatic rings. The number of aryl methyl sites for hydroxylation is 1. The van der Waals surface area contributed by atoms with E-state index in [2.05, 4.69) is 20.4 Å². The number of nitrogens with zero attached hydrogens (tertiary/aromatic N) is 4. The second-order valence-corrected chi connectivity index (χ2v) is 10.6. The number of carbonyl (C=O) groups excluding carboxylic acids is 1. The summed E-state index contributed by atoms with van der Waals surface area (Å²) in [4.78, 5) is 33.2. The first-order chi connectivity index (χ1) is 21.7. The Balaban J connectivity index is 0.000000215. The maximum atomic E-state index is 13.7. The number of carboxylic acids is 1. The molecule has 0 aliphatic carbocycles. The zero-order chi connectivity index (χ0) is 32.3. The van der Waals surface area contributed by atoms with Crippen molar-refractivity contribution in [3.8, 4) is 23.3 Å². The molecule has 0 saturated heterocycles. The molecular formula is C31H27F2N5O5S2. The highest BCUT2D eigenvalue weighted by Crippen LogP contribution is 2.29. The van der Waals surface area contributed by atoms with Crippen molar-refractivity contribution >= 4 is 41.2 Å². The molecule has 0 fully saturated rings. The maximum absolute atomic E-state index is 13.7. The third kappa shape index (κ3) is 9.03. The monoisotopic (exact) mass is 651 g/mol. The van der Waals surface area contributed by atoms with Crippen molar-refractivity contribution in [2.24, 2.45) is 0 Å². The Morgan fingerprint density at radius 2 is 1.38 bits per heavy atom. The first-order valence-electron chi connectivity index (χ1n) is 13.2. The van der Waals surface area contributed by atoms with Crippen LogP contribution in [0.3, 0.4) is 0 Å². The van der Waals surface area contributed by atoms with E-state index >= 15 is 0 Å². The van der Waals surface area contributed by atoms with E-state index in [9.17, 15) is 18.4 Å². The largest absolute Gasteiger partial charge is 0.477 e. The van der Waals surface area contributed by atoms with Crippen molar-refractivity contribution in [3.05, 3.63) is 108 Å². The van der Waals surface area contributed by atoms with Crippen LogP contribution in [-0.2, 0) is 6.54 Å². The summed E-state index contributed by atoms with van der Waals surface area (Å²) in [5.74, 6) is -1.77. The number of aromatic nitrogens is 4. The van der Waals surface area contributed by atoms with Gasteiger partial charge < -0.3 is 19.9 Å². The van der Waals surface area contributed by atoms with Gasteiger partial charge in [0.05, 0.1) is 18.6 Å². The molecule has 0 saturated carbocycles. The van der Waals surface area contributed by atoms with E-state index in [1.54, 1.807) is 53.0 Å². The summed E-state index contributed by atoms with van der Waals surface area (Å²) >= 11 is 3.09. The summed E-state index contributed by atoms with van der Waals surface area (Å²) < 4.78 is 39.4. The number of aromatic carboxylic acids is 1. The number of ether oxygens (including phenoxy) is 2. The lowest BCUT2D eigenvalue weighted by Crippen LogP contribution is -2.17. The molecule has 0 radical (unpaired) electrons. The van der Waals surface area contributed by atoms with Gasteiger partial charge in [0.2, 0.25) is 11.8 Å². The Bertz CT molecular complexity index is 1800. The average molecular weight is 652 g/mol. The quantitative estimate of drug-likeness (QED) is 0.145. The van der Waals surface area contributed by atoms with Gasteiger partial charge in [-0.05, 0) is 68.0 Å². The molecule has 0 bridgehead atoms. The molecule has 1 amide bonds. The predicted molar refractivity (Wildman–Crippen MR) is 168 cm³/mol. The zero-order valence-electron chi connectivity index (χ0n) is 24.2. The summed E-state index contributed by atoms with van der Waals surface area (Å²) in [6.07, 6.45) is 7.37. The van der Waals surface area contributed by atoms with Gasteiger partial charge in [0, 0.05) is 22.4 Å². The van der Waals surface area contributed by atoms with E-state index < -0.39 is 23.5 Å². The van der Waals surface area contributed by atoms with Gasteiger partial charge in [0.1, 0.15) is 40.1 Å². The second-order valence-electron chi connectivity index (χ2n) is 8.87. The lowest BCUT2D eigenvalue weighted by Gasteiger charge is -2.11. The Morgan fingerprint density at radius 1 is 0.844 bits per heavy atom. The van der Waals surface area contributed by atoms with Gasteiger partial charge in [-0.15, -0.1) is 23.5 Å². The Kier molecular flexibility index (Phi) is 11.5. The Hall–Kier alpha value is -4.95. The summed E-state index contributed by atoms with van der Waals surface area (Å²) in [7, 11) is 0. The van der Waals surface area contributed by atoms with Crippen molar-refractivity contribution in [2.75, 3.05) is 17.8 Å². The summed E-state index contributed by atoms with van der Waals surface area (Å²) in [6, 6.07) is 18.1. The van der Waals surface area contributed by atoms with Crippen LogP contribution in [0.25, 0.3) is 0 Å². The van der Waals surface area contributed by atoms with Crippen LogP contribution in [-0.4, -0.2) is 49.2 Å². The van der Waals surface area contributed by atoms with Crippen LogP contribution in [0.1, 0.15) is 27.6 Å². The number of carboxylic acid groups (broad SMARTS) is 1. The fourth-order valence-corrected chi connectivity index (χ4v) is 4.66. The van der Waals surface area contributed by atoms with E-state index in [1.165, 1.54) is 11.8 Å². The average Bonchev–Trinajstić information content (AvgIpc) is 3.50. The Labute approximate surface area is 265 Å². The molecule has 0 unspecified atom stereocenters. The predicted octanol–water partition coefficient (Wildman–Crippen LogP) is 7.64. The van der Waals surface area contributed by atoms with Crippen molar-refractivity contribution in [2.45, 2.75) is 23.3 Å². The maximum Gasteiger partial charge on any atom is 0.341 e. The van der Waals surface area contributed by atoms with Gasteiger partial charge in [-0.1, -0.05) is 12.1 Å². The van der Waals surface area contributed by atoms with Crippen LogP contribution in [0.4, 0.5) is 14.6 Å². The molecule has 2 N–H and O–H groups in total. The van der Waals surface area contributed by atoms with Crippen LogP contribution in [0, 0.1) is 11.6 Å². The van der Waals surface area contributed by atoms with Crippen molar-refractivity contribution in [1.29, 1.82) is 0 Å². The van der Waals surface area contributed by atoms with Crippen LogP contribution < -0.4 is 14.8 Å². The number of hydrogen-bond acceptors (Lipinski definition) is 9. The highest BCUT2D eigenvalue weighted by molar-refractivity contribution is 7.98. The molecule has 0 aliphatic heterocycles. The second kappa shape index (κ2) is 15.7. The van der Waals surface area contributed by atoms with E-state index in [4.69, 9.17) is 14.6 Å². The molecule has 0 spiro atoms. The van der Waals surface area contributed by atoms with Gasteiger partial charge in [0.15, 0.2) is 0 Å². The molecule has 2 aromatic carbocycles. The normalized spacial score (nSPS) is 10.4. The van der Waals surface area contributed by atoms with Crippen LogP contribution in [0.2, 0.25) is 0 Å². The minimum atomic E-state index is -1.29. The lowest BCUT2D eigenvalue weighted by atomic mass is 10.2. The molecule has 0 atom stereocenters. The Morgan fingerprint density at radius 3 is 1.89 bits per heavy atom. The third-order valence-corrected chi connectivity index (χ3v) is 7.33. The molecule has 5 rings (SSSR count). The van der Waals surface area contributed by atoms with E-state index in [0.29, 0.717) is 23.9 Å². The molecule has 3 aromatic heterocycles. The smallest absolute Gasteiger partial charge is 0.341 e. The summed E-state index contributed by atoms with van der Waals surface area (Å²) in [5, 5.41) is 15.8. The minimum absolute atomic E-state index is 0.00316. The number of carbonyl (C=O) groups is 2. The number of halogens is 2. The van der Waals surface area contributed by atoms with Crippen molar-refractivity contribution in [1.82, 2.24) is 19.7 Å². The number of anilines is 1. The minimum Gasteiger partial charge on any atom is -0.477 e. The first kappa shape index (κ1) is 33.0. The number of thioether (sulfide) groups is 2. The summed E-state index contributed by atoms with van der Waals surface area (Å²) in [6.45, 7) is 2.49. The van der Waals surface area contributed by atoms with E-state index in [1.807, 2.05) is 43.7 Å². The third-order valence-electron chi connectivity index (χ3n) is 5.88. The van der Waals surface area contributed by atoms with Crippen LogP contribution in [0.15, 0.2) is 95.1 Å². The standard InChI is InChI=1S/C18H17FN4O2S.C13H10FNO3S/c1-3-23-16(7-8-21-23)22-17(24)15-9-12(19)11-20-18(15)25-13-5-4-6-14(10-13)26-2;1-19-10-4-2-3-9(6-10)18-12-11(13(16)17)5-8(14)7-15-12/h4-11H,3H2,1-2H3,(H,22,24);2-7H,1H3,(H,16,17). The number of nitrogens with one attached hydrogen (secondary N) is 1. The van der Waals surface area contributed by atoms with Crippen LogP contribution >= 0.6 is 23.5 Å². The molecule has 232 valence electrons. The fraction of sp³-hybridized carbons (Fsp3) is 0.129. The summed E-state index contributed by atoms with van der Waals surface area (Å²) in [5.41, 5.74) is -0.307. The number of amides is 1. The van der Waals surface area contributed by atoms with Gasteiger partial charge in [-0.3, -0.25) is 4.79 Å². The molecule has 45 heavy (non-hydrogen) atoms. The molecule has 3 heterocycles. The molecule has 5 aromatic rings. The van der Waals surface area contributed by atoms with Crippen molar-refractivity contribution in [3.63, 3.8) is 0 Å². The van der Waals surface area contributed by atoms with Gasteiger partial charge in [-0.25, -0.2) is 28.2 Å². The molecular weight excluding hydrogens is 625 g/mol. The van der Waals surface area contributed by atoms with Crippen molar-refractivity contribution < 1.29 is 33.0 Å². The zero-order valence-corrected chi connectivity index (χ0v) is 25.9. The van der Waals surface area contributed by atoms with Gasteiger partial charge in [0.25, 0.3) is 5.91 Å². The molecule has 14 heteroatoms. The number of benzene rings is 2. The number of rotatable bonds is 10. The van der Waals surface area contributed by atoms with E-state index in [-0.39, 0.29) is 22.9 Å². The number of hydrogen-bond donors (Lipinski definition) is 2. The fourth-order valence-electron chi connectivity index (χ4n) is 3.76. The van der Waals surface area contributed by atoms with Gasteiger partial charge >= 0.3 is 5.97 Å². The highest BCUT2D eigenvalue weighted by atomic mass is 32.2.